The van der Waals surface area contributed by atoms with Crippen LogP contribution in [-0.2, 0) is 6.18 Å². The first-order valence-electron chi connectivity index (χ1n) is 8.81. The lowest BCUT2D eigenvalue weighted by atomic mass is 10.2. The van der Waals surface area contributed by atoms with Crippen molar-refractivity contribution in [2.24, 2.45) is 0 Å². The molecule has 3 heterocycles. The molecular formula is C18H22F3N5. The highest BCUT2D eigenvalue weighted by Gasteiger charge is 2.34. The predicted octanol–water partition coefficient (Wildman–Crippen LogP) is 3.48. The Hall–Kier alpha value is -2.22. The molecule has 0 N–H and O–H groups in total. The number of pyridine rings is 1. The zero-order valence-corrected chi connectivity index (χ0v) is 14.7. The second-order valence-electron chi connectivity index (χ2n) is 6.35. The summed E-state index contributed by atoms with van der Waals surface area (Å²) in [4.78, 5) is 16.3. The zero-order valence-electron chi connectivity index (χ0n) is 14.7. The topological polar surface area (TPSA) is 45.2 Å². The fourth-order valence-corrected chi connectivity index (χ4v) is 3.11. The minimum atomic E-state index is -4.51. The van der Waals surface area contributed by atoms with Crippen molar-refractivity contribution in [2.75, 3.05) is 37.6 Å². The van der Waals surface area contributed by atoms with Gasteiger partial charge < -0.3 is 9.80 Å². The van der Waals surface area contributed by atoms with Gasteiger partial charge in [-0.1, -0.05) is 6.92 Å². The maximum Gasteiger partial charge on any atom is 0.433 e. The van der Waals surface area contributed by atoms with E-state index in [9.17, 15) is 13.2 Å². The molecule has 0 aromatic carbocycles. The standard InChI is InChI=1S/C18H22F3N5/c1-2-8-25-9-3-10-26(12-11-25)16-13-15(18(19,20)21)23-17(24-16)14-4-6-22-7-5-14/h4-7,13H,2-3,8-12H2,1H3. The van der Waals surface area contributed by atoms with E-state index in [2.05, 4.69) is 26.8 Å². The monoisotopic (exact) mass is 365 g/mol. The van der Waals surface area contributed by atoms with Crippen LogP contribution in [0.1, 0.15) is 25.5 Å². The average molecular weight is 365 g/mol. The minimum absolute atomic E-state index is 0.0758. The van der Waals surface area contributed by atoms with Crippen molar-refractivity contribution in [2.45, 2.75) is 25.9 Å². The van der Waals surface area contributed by atoms with Gasteiger partial charge in [0.1, 0.15) is 5.82 Å². The quantitative estimate of drug-likeness (QED) is 0.830. The Labute approximate surface area is 150 Å². The maximum absolute atomic E-state index is 13.3. The van der Waals surface area contributed by atoms with E-state index in [-0.39, 0.29) is 5.82 Å². The predicted molar refractivity (Wildman–Crippen MR) is 93.8 cm³/mol. The first-order chi connectivity index (χ1) is 12.5. The van der Waals surface area contributed by atoms with Crippen LogP contribution in [0.15, 0.2) is 30.6 Å². The third kappa shape index (κ3) is 4.49. The molecule has 26 heavy (non-hydrogen) atoms. The van der Waals surface area contributed by atoms with Crippen LogP contribution in [0, 0.1) is 0 Å². The number of hydrogen-bond donors (Lipinski definition) is 0. The number of nitrogens with zero attached hydrogens (tertiary/aromatic N) is 5. The molecular weight excluding hydrogens is 343 g/mol. The molecule has 0 radical (unpaired) electrons. The Balaban J connectivity index is 1.93. The Bertz CT molecular complexity index is 721. The molecule has 2 aromatic rings. The van der Waals surface area contributed by atoms with Gasteiger partial charge in [0, 0.05) is 43.7 Å². The number of hydrogen-bond acceptors (Lipinski definition) is 5. The van der Waals surface area contributed by atoms with Crippen LogP contribution >= 0.6 is 0 Å². The van der Waals surface area contributed by atoms with Crippen LogP contribution in [0.2, 0.25) is 0 Å². The molecule has 140 valence electrons. The van der Waals surface area contributed by atoms with E-state index >= 15 is 0 Å². The fourth-order valence-electron chi connectivity index (χ4n) is 3.11. The van der Waals surface area contributed by atoms with Gasteiger partial charge in [-0.15, -0.1) is 0 Å². The second kappa shape index (κ2) is 7.99. The van der Waals surface area contributed by atoms with Gasteiger partial charge >= 0.3 is 6.18 Å². The van der Waals surface area contributed by atoms with Crippen LogP contribution in [-0.4, -0.2) is 52.6 Å². The van der Waals surface area contributed by atoms with Gasteiger partial charge in [0.05, 0.1) is 0 Å². The molecule has 1 aliphatic rings. The number of aromatic nitrogens is 3. The third-order valence-electron chi connectivity index (χ3n) is 4.39. The van der Waals surface area contributed by atoms with E-state index in [1.807, 2.05) is 4.90 Å². The molecule has 0 aliphatic carbocycles. The van der Waals surface area contributed by atoms with Crippen molar-refractivity contribution >= 4 is 5.82 Å². The molecule has 5 nitrogen and oxygen atoms in total. The van der Waals surface area contributed by atoms with Crippen LogP contribution in [0.5, 0.6) is 0 Å². The van der Waals surface area contributed by atoms with Crippen LogP contribution in [0.4, 0.5) is 19.0 Å². The van der Waals surface area contributed by atoms with Crippen molar-refractivity contribution in [1.29, 1.82) is 0 Å². The summed E-state index contributed by atoms with van der Waals surface area (Å²) in [5.41, 5.74) is -0.390. The van der Waals surface area contributed by atoms with Gasteiger partial charge in [-0.3, -0.25) is 4.98 Å². The summed E-state index contributed by atoms with van der Waals surface area (Å²) in [6, 6.07) is 4.29. The number of rotatable bonds is 4. The Morgan fingerprint density at radius 3 is 2.50 bits per heavy atom. The molecule has 1 saturated heterocycles. The lowest BCUT2D eigenvalue weighted by Crippen LogP contribution is -2.32. The van der Waals surface area contributed by atoms with Gasteiger partial charge in [0.15, 0.2) is 11.5 Å². The van der Waals surface area contributed by atoms with Crippen LogP contribution in [0.25, 0.3) is 11.4 Å². The van der Waals surface area contributed by atoms with E-state index in [1.54, 1.807) is 12.1 Å². The average Bonchev–Trinajstić information content (AvgIpc) is 2.87. The highest BCUT2D eigenvalue weighted by Crippen LogP contribution is 2.31. The summed E-state index contributed by atoms with van der Waals surface area (Å²) >= 11 is 0. The van der Waals surface area contributed by atoms with Crippen molar-refractivity contribution in [1.82, 2.24) is 19.9 Å². The lowest BCUT2D eigenvalue weighted by Gasteiger charge is -2.23. The normalized spacial score (nSPS) is 16.5. The fraction of sp³-hybridized carbons (Fsp3) is 0.500. The summed E-state index contributed by atoms with van der Waals surface area (Å²) in [6.07, 6.45) is 0.494. The highest BCUT2D eigenvalue weighted by molar-refractivity contribution is 5.57. The van der Waals surface area contributed by atoms with E-state index in [1.165, 1.54) is 12.4 Å². The van der Waals surface area contributed by atoms with Crippen LogP contribution < -0.4 is 4.90 Å². The molecule has 1 fully saturated rings. The first-order valence-corrected chi connectivity index (χ1v) is 8.81. The van der Waals surface area contributed by atoms with Gasteiger partial charge in [-0.05, 0) is 38.1 Å². The van der Waals surface area contributed by atoms with E-state index in [0.29, 0.717) is 24.5 Å². The SMILES string of the molecule is CCCN1CCCN(c2cc(C(F)(F)F)nc(-c3ccncc3)n2)CC1. The molecule has 8 heteroatoms. The summed E-state index contributed by atoms with van der Waals surface area (Å²) in [6.45, 7) is 6.26. The molecule has 0 saturated carbocycles. The molecule has 0 atom stereocenters. The van der Waals surface area contributed by atoms with Gasteiger partial charge in [0.25, 0.3) is 0 Å². The number of anilines is 1. The molecule has 0 bridgehead atoms. The number of halogens is 3. The number of alkyl halides is 3. The van der Waals surface area contributed by atoms with Crippen molar-refractivity contribution in [3.63, 3.8) is 0 Å². The highest BCUT2D eigenvalue weighted by atomic mass is 19.4. The van der Waals surface area contributed by atoms with Crippen molar-refractivity contribution < 1.29 is 13.2 Å². The Morgan fingerprint density at radius 1 is 1.04 bits per heavy atom. The summed E-state index contributed by atoms with van der Waals surface area (Å²) in [5.74, 6) is 0.407. The maximum atomic E-state index is 13.3. The molecule has 0 spiro atoms. The Kier molecular flexibility index (Phi) is 5.70. The molecule has 1 aliphatic heterocycles. The summed E-state index contributed by atoms with van der Waals surface area (Å²) in [7, 11) is 0. The van der Waals surface area contributed by atoms with Crippen molar-refractivity contribution in [3.8, 4) is 11.4 Å². The molecule has 0 amide bonds. The van der Waals surface area contributed by atoms with Crippen LogP contribution in [0.3, 0.4) is 0 Å². The summed E-state index contributed by atoms with van der Waals surface area (Å²) in [5, 5.41) is 0. The molecule has 3 rings (SSSR count). The second-order valence-corrected chi connectivity index (χ2v) is 6.35. The largest absolute Gasteiger partial charge is 0.433 e. The van der Waals surface area contributed by atoms with E-state index < -0.39 is 11.9 Å². The first kappa shape index (κ1) is 18.6. The molecule has 0 unspecified atom stereocenters. The zero-order chi connectivity index (χ0) is 18.6. The van der Waals surface area contributed by atoms with Gasteiger partial charge in [-0.25, -0.2) is 9.97 Å². The van der Waals surface area contributed by atoms with E-state index in [4.69, 9.17) is 0 Å². The lowest BCUT2D eigenvalue weighted by molar-refractivity contribution is -0.141. The smallest absolute Gasteiger partial charge is 0.355 e. The molecule has 2 aromatic heterocycles. The summed E-state index contributed by atoms with van der Waals surface area (Å²) < 4.78 is 40.0. The van der Waals surface area contributed by atoms with Gasteiger partial charge in [-0.2, -0.15) is 13.2 Å². The van der Waals surface area contributed by atoms with Gasteiger partial charge in [0.2, 0.25) is 0 Å². The Morgan fingerprint density at radius 2 is 1.81 bits per heavy atom. The minimum Gasteiger partial charge on any atom is -0.355 e. The third-order valence-corrected chi connectivity index (χ3v) is 4.39. The van der Waals surface area contributed by atoms with E-state index in [0.717, 1.165) is 38.5 Å². The van der Waals surface area contributed by atoms with Crippen molar-refractivity contribution in [3.05, 3.63) is 36.3 Å².